The first-order valence-electron chi connectivity index (χ1n) is 5.68. The van der Waals surface area contributed by atoms with Crippen LogP contribution < -0.4 is 0 Å². The van der Waals surface area contributed by atoms with Crippen LogP contribution in [0.2, 0.25) is 0 Å². The van der Waals surface area contributed by atoms with Crippen LogP contribution in [0.15, 0.2) is 0 Å². The van der Waals surface area contributed by atoms with Crippen LogP contribution >= 0.6 is 0 Å². The number of piperazine rings is 1. The van der Waals surface area contributed by atoms with E-state index in [-0.39, 0.29) is 17.9 Å². The molecule has 0 aromatic carbocycles. The number of rotatable bonds is 4. The van der Waals surface area contributed by atoms with Crippen LogP contribution in [0.4, 0.5) is 0 Å². The summed E-state index contributed by atoms with van der Waals surface area (Å²) in [6, 6.07) is 0.0664. The van der Waals surface area contributed by atoms with E-state index in [1.54, 1.807) is 18.9 Å². The van der Waals surface area contributed by atoms with E-state index in [1.165, 1.54) is 0 Å². The van der Waals surface area contributed by atoms with Crippen LogP contribution in [0.25, 0.3) is 0 Å². The van der Waals surface area contributed by atoms with E-state index >= 15 is 0 Å². The fraction of sp³-hybridized carbons (Fsp3) is 0.818. The molecule has 0 aliphatic carbocycles. The summed E-state index contributed by atoms with van der Waals surface area (Å²) < 4.78 is 4.89. The van der Waals surface area contributed by atoms with Crippen molar-refractivity contribution in [3.63, 3.8) is 0 Å². The third-order valence-electron chi connectivity index (χ3n) is 2.88. The molecule has 0 aromatic heterocycles. The molecule has 1 aliphatic rings. The third kappa shape index (κ3) is 3.48. The van der Waals surface area contributed by atoms with Crippen LogP contribution in [-0.2, 0) is 14.3 Å². The molecule has 5 heteroatoms. The lowest BCUT2D eigenvalue weighted by Crippen LogP contribution is -2.51. The van der Waals surface area contributed by atoms with Crippen LogP contribution in [0, 0.1) is 0 Å². The zero-order chi connectivity index (χ0) is 12.1. The highest BCUT2D eigenvalue weighted by Gasteiger charge is 2.25. The molecule has 0 bridgehead atoms. The van der Waals surface area contributed by atoms with Gasteiger partial charge < -0.3 is 9.64 Å². The number of likely N-dealkylation sites (N-methyl/N-ethyl adjacent to an activating group) is 1. The van der Waals surface area contributed by atoms with Crippen molar-refractivity contribution in [1.29, 1.82) is 0 Å². The Morgan fingerprint density at radius 2 is 2.19 bits per heavy atom. The SMILES string of the molecule is CCOC(=O)CC(C)N1CCN(C)C(=O)C1. The highest BCUT2D eigenvalue weighted by Crippen LogP contribution is 2.09. The van der Waals surface area contributed by atoms with Crippen molar-refractivity contribution in [2.24, 2.45) is 0 Å². The van der Waals surface area contributed by atoms with Crippen molar-refractivity contribution in [1.82, 2.24) is 9.80 Å². The first-order chi connectivity index (χ1) is 7.54. The summed E-state index contributed by atoms with van der Waals surface area (Å²) in [7, 11) is 1.80. The highest BCUT2D eigenvalue weighted by atomic mass is 16.5. The number of hydrogen-bond donors (Lipinski definition) is 0. The Hall–Kier alpha value is -1.10. The Labute approximate surface area is 96.3 Å². The van der Waals surface area contributed by atoms with Gasteiger partial charge in [0, 0.05) is 26.2 Å². The second-order valence-corrected chi connectivity index (χ2v) is 4.14. The average molecular weight is 228 g/mol. The van der Waals surface area contributed by atoms with E-state index < -0.39 is 0 Å². The van der Waals surface area contributed by atoms with Gasteiger partial charge in [-0.15, -0.1) is 0 Å². The van der Waals surface area contributed by atoms with Gasteiger partial charge in [-0.1, -0.05) is 0 Å². The third-order valence-corrected chi connectivity index (χ3v) is 2.88. The van der Waals surface area contributed by atoms with Crippen molar-refractivity contribution >= 4 is 11.9 Å². The van der Waals surface area contributed by atoms with Crippen molar-refractivity contribution in [2.75, 3.05) is 33.3 Å². The Kier molecular flexibility index (Phi) is 4.73. The fourth-order valence-corrected chi connectivity index (χ4v) is 1.74. The maximum Gasteiger partial charge on any atom is 0.307 e. The average Bonchev–Trinajstić information content (AvgIpc) is 2.22. The van der Waals surface area contributed by atoms with Gasteiger partial charge in [-0.2, -0.15) is 0 Å². The Balaban J connectivity index is 2.39. The molecule has 1 rings (SSSR count). The normalized spacial score (nSPS) is 19.7. The molecule has 1 unspecified atom stereocenters. The summed E-state index contributed by atoms with van der Waals surface area (Å²) in [5.41, 5.74) is 0. The second kappa shape index (κ2) is 5.84. The standard InChI is InChI=1S/C11H20N2O3/c1-4-16-11(15)7-9(2)13-6-5-12(3)10(14)8-13/h9H,4-8H2,1-3H3. The van der Waals surface area contributed by atoms with E-state index in [0.29, 0.717) is 19.6 Å². The molecule has 5 nitrogen and oxygen atoms in total. The largest absolute Gasteiger partial charge is 0.466 e. The first-order valence-corrected chi connectivity index (χ1v) is 5.68. The van der Waals surface area contributed by atoms with E-state index in [0.717, 1.165) is 13.1 Å². The minimum absolute atomic E-state index is 0.0664. The fourth-order valence-electron chi connectivity index (χ4n) is 1.74. The van der Waals surface area contributed by atoms with Gasteiger partial charge in [0.2, 0.25) is 5.91 Å². The summed E-state index contributed by atoms with van der Waals surface area (Å²) >= 11 is 0. The summed E-state index contributed by atoms with van der Waals surface area (Å²) in [6.45, 7) is 6.11. The smallest absolute Gasteiger partial charge is 0.307 e. The molecule has 1 atom stereocenters. The number of ether oxygens (including phenoxy) is 1. The monoisotopic (exact) mass is 228 g/mol. The van der Waals surface area contributed by atoms with Crippen molar-refractivity contribution in [2.45, 2.75) is 26.3 Å². The van der Waals surface area contributed by atoms with Gasteiger partial charge in [0.15, 0.2) is 0 Å². The Morgan fingerprint density at radius 1 is 1.50 bits per heavy atom. The van der Waals surface area contributed by atoms with Gasteiger partial charge in [-0.25, -0.2) is 0 Å². The van der Waals surface area contributed by atoms with Gasteiger partial charge in [0.05, 0.1) is 19.6 Å². The van der Waals surface area contributed by atoms with Crippen LogP contribution in [0.1, 0.15) is 20.3 Å². The molecule has 1 fully saturated rings. The zero-order valence-electron chi connectivity index (χ0n) is 10.2. The van der Waals surface area contributed by atoms with Gasteiger partial charge in [-0.05, 0) is 13.8 Å². The molecular weight excluding hydrogens is 208 g/mol. The van der Waals surface area contributed by atoms with Gasteiger partial charge in [0.1, 0.15) is 0 Å². The van der Waals surface area contributed by atoms with E-state index in [2.05, 4.69) is 0 Å². The summed E-state index contributed by atoms with van der Waals surface area (Å²) in [5.74, 6) is -0.0802. The predicted molar refractivity (Wildman–Crippen MR) is 59.9 cm³/mol. The Morgan fingerprint density at radius 3 is 2.75 bits per heavy atom. The molecule has 1 aliphatic heterocycles. The van der Waals surface area contributed by atoms with Crippen molar-refractivity contribution < 1.29 is 14.3 Å². The number of hydrogen-bond acceptors (Lipinski definition) is 4. The van der Waals surface area contributed by atoms with Crippen LogP contribution in [0.5, 0.6) is 0 Å². The summed E-state index contributed by atoms with van der Waals surface area (Å²) in [6.07, 6.45) is 0.352. The number of esters is 1. The second-order valence-electron chi connectivity index (χ2n) is 4.14. The lowest BCUT2D eigenvalue weighted by atomic mass is 10.1. The molecular formula is C11H20N2O3. The van der Waals surface area contributed by atoms with E-state index in [1.807, 2.05) is 11.8 Å². The predicted octanol–water partition coefficient (Wildman–Crippen LogP) is 0.102. The molecule has 0 aromatic rings. The molecule has 0 spiro atoms. The number of amides is 1. The zero-order valence-corrected chi connectivity index (χ0v) is 10.2. The van der Waals surface area contributed by atoms with Gasteiger partial charge >= 0.3 is 5.97 Å². The lowest BCUT2D eigenvalue weighted by molar-refractivity contribution is -0.146. The maximum atomic E-state index is 11.5. The van der Waals surface area contributed by atoms with E-state index in [9.17, 15) is 9.59 Å². The lowest BCUT2D eigenvalue weighted by Gasteiger charge is -2.35. The minimum Gasteiger partial charge on any atom is -0.466 e. The quantitative estimate of drug-likeness (QED) is 0.640. The van der Waals surface area contributed by atoms with Gasteiger partial charge in [-0.3, -0.25) is 14.5 Å². The highest BCUT2D eigenvalue weighted by molar-refractivity contribution is 5.79. The number of carbonyl (C=O) groups excluding carboxylic acids is 2. The first kappa shape index (κ1) is 13.0. The van der Waals surface area contributed by atoms with Crippen LogP contribution in [0.3, 0.4) is 0 Å². The van der Waals surface area contributed by atoms with E-state index in [4.69, 9.17) is 4.74 Å². The summed E-state index contributed by atoms with van der Waals surface area (Å²) in [4.78, 5) is 26.5. The van der Waals surface area contributed by atoms with Crippen molar-refractivity contribution in [3.8, 4) is 0 Å². The molecule has 0 N–H and O–H groups in total. The summed E-state index contributed by atoms with van der Waals surface area (Å²) in [5, 5.41) is 0. The topological polar surface area (TPSA) is 49.9 Å². The van der Waals surface area contributed by atoms with Crippen LogP contribution in [-0.4, -0.2) is 61.0 Å². The number of carbonyl (C=O) groups is 2. The molecule has 16 heavy (non-hydrogen) atoms. The van der Waals surface area contributed by atoms with Gasteiger partial charge in [0.25, 0.3) is 0 Å². The molecule has 0 radical (unpaired) electrons. The molecule has 1 heterocycles. The van der Waals surface area contributed by atoms with Crippen molar-refractivity contribution in [3.05, 3.63) is 0 Å². The number of nitrogens with zero attached hydrogens (tertiary/aromatic N) is 2. The minimum atomic E-state index is -0.193. The molecule has 1 saturated heterocycles. The molecule has 1 amide bonds. The molecule has 92 valence electrons. The maximum absolute atomic E-state index is 11.5. The molecule has 0 saturated carbocycles. The Bertz CT molecular complexity index is 268.